The molecule has 12 nitrogen and oxygen atoms in total. The molecule has 2 saturated heterocycles. The SMILES string of the molecule is CON=C(C(=O)NC1C(=O)N2CC(CSC=CC#N)(C(=O)O)CS[C@H]12)c1nsc(N)n1. The van der Waals surface area contributed by atoms with Gasteiger partial charge in [-0.15, -0.1) is 23.5 Å². The number of nitriles is 1. The van der Waals surface area contributed by atoms with Crippen LogP contribution in [0.25, 0.3) is 0 Å². The van der Waals surface area contributed by atoms with Gasteiger partial charge >= 0.3 is 5.97 Å². The molecule has 0 bridgehead atoms. The first-order chi connectivity index (χ1) is 14.8. The molecule has 2 fully saturated rings. The number of β-lactam (4-membered cyclic amide) rings is 1. The van der Waals surface area contributed by atoms with Crippen molar-refractivity contribution >= 4 is 63.7 Å². The van der Waals surface area contributed by atoms with Crippen LogP contribution in [0.2, 0.25) is 0 Å². The maximum atomic E-state index is 12.7. The van der Waals surface area contributed by atoms with Crippen LogP contribution in [-0.2, 0) is 19.2 Å². The molecule has 0 spiro atoms. The lowest BCUT2D eigenvalue weighted by Crippen LogP contribution is -2.74. The molecule has 2 amide bonds. The fourth-order valence-electron chi connectivity index (χ4n) is 3.01. The van der Waals surface area contributed by atoms with Gasteiger partial charge in [-0.2, -0.15) is 14.6 Å². The Morgan fingerprint density at radius 3 is 3.00 bits per heavy atom. The highest BCUT2D eigenvalue weighted by Crippen LogP contribution is 2.43. The number of allylic oxidation sites excluding steroid dienone is 1. The van der Waals surface area contributed by atoms with Crippen molar-refractivity contribution in [1.29, 1.82) is 5.26 Å². The lowest BCUT2D eigenvalue weighted by molar-refractivity contribution is -0.157. The number of amides is 2. The summed E-state index contributed by atoms with van der Waals surface area (Å²) in [6.07, 6.45) is 1.27. The maximum absolute atomic E-state index is 12.7. The van der Waals surface area contributed by atoms with E-state index in [1.807, 2.05) is 6.07 Å². The second-order valence-electron chi connectivity index (χ2n) is 6.53. The van der Waals surface area contributed by atoms with Crippen LogP contribution < -0.4 is 11.1 Å². The number of fused-ring (bicyclic) bond motifs is 1. The molecule has 3 heterocycles. The van der Waals surface area contributed by atoms with Gasteiger partial charge in [-0.25, -0.2) is 0 Å². The van der Waals surface area contributed by atoms with Gasteiger partial charge in [0.2, 0.25) is 17.4 Å². The second kappa shape index (κ2) is 9.54. The number of carbonyl (C=O) groups is 3. The zero-order valence-corrected chi connectivity index (χ0v) is 18.5. The second-order valence-corrected chi connectivity index (χ2v) is 9.31. The van der Waals surface area contributed by atoms with Gasteiger partial charge in [0.25, 0.3) is 5.91 Å². The Balaban J connectivity index is 1.67. The minimum Gasteiger partial charge on any atom is -0.481 e. The molecule has 1 aromatic rings. The first-order valence-corrected chi connectivity index (χ1v) is 11.5. The van der Waals surface area contributed by atoms with E-state index in [4.69, 9.17) is 11.0 Å². The van der Waals surface area contributed by atoms with Crippen LogP contribution in [0, 0.1) is 16.7 Å². The van der Waals surface area contributed by atoms with Crippen LogP contribution >= 0.6 is 35.1 Å². The van der Waals surface area contributed by atoms with Crippen molar-refractivity contribution in [3.05, 3.63) is 17.3 Å². The molecule has 31 heavy (non-hydrogen) atoms. The Morgan fingerprint density at radius 1 is 1.61 bits per heavy atom. The summed E-state index contributed by atoms with van der Waals surface area (Å²) in [5, 5.41) is 25.8. The van der Waals surface area contributed by atoms with Crippen LogP contribution in [0.15, 0.2) is 16.6 Å². The van der Waals surface area contributed by atoms with Crippen LogP contribution in [0.4, 0.5) is 5.13 Å². The predicted molar refractivity (Wildman–Crippen MR) is 115 cm³/mol. The van der Waals surface area contributed by atoms with E-state index in [1.54, 1.807) is 0 Å². The fourth-order valence-corrected chi connectivity index (χ4v) is 6.00. The number of nitrogens with zero attached hydrogens (tertiary/aromatic N) is 5. The topological polar surface area (TPSA) is 184 Å². The average Bonchev–Trinajstić information content (AvgIpc) is 3.18. The monoisotopic (exact) mass is 483 g/mol. The van der Waals surface area contributed by atoms with Gasteiger partial charge in [0, 0.05) is 35.7 Å². The van der Waals surface area contributed by atoms with Gasteiger partial charge in [0.15, 0.2) is 5.13 Å². The average molecular weight is 484 g/mol. The standard InChI is InChI=1S/C16H17N7O5S3/c1-28-21-8(10-20-15(18)31-22-10)11(24)19-9-12(25)23-5-16(14(26)27,7-30-13(9)23)6-29-4-2-3-17/h2,4,9,13H,5-7H2,1H3,(H,19,24)(H,26,27)(H2,18,20,22)/t9?,13-,16?/m1/s1. The predicted octanol–water partition coefficient (Wildman–Crippen LogP) is -0.288. The van der Waals surface area contributed by atoms with Crippen molar-refractivity contribution in [1.82, 2.24) is 19.6 Å². The molecule has 0 aliphatic carbocycles. The summed E-state index contributed by atoms with van der Waals surface area (Å²) in [6, 6.07) is 1.00. The lowest BCUT2D eigenvalue weighted by atomic mass is 9.89. The minimum atomic E-state index is -1.15. The van der Waals surface area contributed by atoms with Crippen molar-refractivity contribution in [2.75, 3.05) is 30.9 Å². The molecule has 0 radical (unpaired) electrons. The number of oxime groups is 1. The highest BCUT2D eigenvalue weighted by atomic mass is 32.2. The molecule has 2 unspecified atom stereocenters. The highest BCUT2D eigenvalue weighted by molar-refractivity contribution is 8.02. The van der Waals surface area contributed by atoms with E-state index < -0.39 is 34.6 Å². The number of anilines is 1. The molecule has 2 aliphatic rings. The van der Waals surface area contributed by atoms with E-state index in [0.717, 1.165) is 11.5 Å². The number of aromatic nitrogens is 2. The summed E-state index contributed by atoms with van der Waals surface area (Å²) in [5.74, 6) is -1.67. The molecule has 15 heteroatoms. The van der Waals surface area contributed by atoms with Gasteiger partial charge < -0.3 is 25.9 Å². The first-order valence-electron chi connectivity index (χ1n) is 8.66. The smallest absolute Gasteiger partial charge is 0.313 e. The van der Waals surface area contributed by atoms with E-state index in [0.29, 0.717) is 0 Å². The molecule has 4 N–H and O–H groups in total. The van der Waals surface area contributed by atoms with Crippen molar-refractivity contribution in [2.24, 2.45) is 10.6 Å². The van der Waals surface area contributed by atoms with E-state index in [2.05, 4.69) is 24.7 Å². The molecule has 3 atom stereocenters. The van der Waals surface area contributed by atoms with E-state index in [1.165, 1.54) is 47.0 Å². The number of nitrogens with two attached hydrogens (primary N) is 1. The third-order valence-corrected chi connectivity index (χ3v) is 7.71. The van der Waals surface area contributed by atoms with Crippen LogP contribution in [0.3, 0.4) is 0 Å². The van der Waals surface area contributed by atoms with Crippen molar-refractivity contribution in [3.8, 4) is 6.07 Å². The van der Waals surface area contributed by atoms with Gasteiger partial charge in [-0.3, -0.25) is 14.4 Å². The summed E-state index contributed by atoms with van der Waals surface area (Å²) in [7, 11) is 1.26. The summed E-state index contributed by atoms with van der Waals surface area (Å²) in [6.45, 7) is 0.0157. The lowest BCUT2D eigenvalue weighted by Gasteiger charge is -2.53. The van der Waals surface area contributed by atoms with E-state index in [9.17, 15) is 19.5 Å². The third-order valence-electron chi connectivity index (χ3n) is 4.53. The van der Waals surface area contributed by atoms with Gasteiger partial charge in [-0.1, -0.05) is 5.16 Å². The maximum Gasteiger partial charge on any atom is 0.313 e. The van der Waals surface area contributed by atoms with E-state index in [-0.39, 0.29) is 34.7 Å². The minimum absolute atomic E-state index is 0.0157. The Morgan fingerprint density at radius 2 is 2.39 bits per heavy atom. The quantitative estimate of drug-likeness (QED) is 0.191. The van der Waals surface area contributed by atoms with Crippen LogP contribution in [0.5, 0.6) is 0 Å². The molecule has 0 aromatic carbocycles. The Bertz CT molecular complexity index is 990. The van der Waals surface area contributed by atoms with E-state index >= 15 is 0 Å². The number of hydrogen-bond donors (Lipinski definition) is 3. The number of nitrogens with one attached hydrogen (secondary N) is 1. The zero-order chi connectivity index (χ0) is 22.6. The Kier molecular flexibility index (Phi) is 7.03. The first kappa shape index (κ1) is 22.8. The van der Waals surface area contributed by atoms with Crippen LogP contribution in [0.1, 0.15) is 5.82 Å². The van der Waals surface area contributed by atoms with Crippen LogP contribution in [-0.4, -0.2) is 79.4 Å². The largest absolute Gasteiger partial charge is 0.481 e. The molecule has 0 saturated carbocycles. The Labute approximate surface area is 189 Å². The number of nitrogen functional groups attached to an aromatic ring is 1. The fraction of sp³-hybridized carbons (Fsp3) is 0.438. The van der Waals surface area contributed by atoms with Crippen molar-refractivity contribution in [2.45, 2.75) is 11.4 Å². The summed E-state index contributed by atoms with van der Waals surface area (Å²) in [5.41, 5.74) is 4.17. The molecule has 3 rings (SSSR count). The number of aliphatic carboxylic acids is 1. The number of carboxylic acid groups (broad SMARTS) is 1. The summed E-state index contributed by atoms with van der Waals surface area (Å²) >= 11 is 3.37. The van der Waals surface area contributed by atoms with Crippen molar-refractivity contribution < 1.29 is 24.3 Å². The zero-order valence-electron chi connectivity index (χ0n) is 16.0. The van der Waals surface area contributed by atoms with Gasteiger partial charge in [0.05, 0.1) is 6.07 Å². The molecule has 2 aliphatic heterocycles. The van der Waals surface area contributed by atoms with Crippen molar-refractivity contribution in [3.63, 3.8) is 0 Å². The Hall–Kier alpha value is -2.83. The highest BCUT2D eigenvalue weighted by Gasteiger charge is 2.57. The number of carboxylic acids is 1. The number of rotatable bonds is 8. The normalized spacial score (nSPS) is 25.5. The molecule has 164 valence electrons. The molecular weight excluding hydrogens is 466 g/mol. The molecule has 1 aromatic heterocycles. The summed E-state index contributed by atoms with van der Waals surface area (Å²) < 4.78 is 3.93. The van der Waals surface area contributed by atoms with Gasteiger partial charge in [0.1, 0.15) is 23.9 Å². The van der Waals surface area contributed by atoms with Gasteiger partial charge in [-0.05, 0) is 5.41 Å². The molecular formula is C16H17N7O5S3. The third kappa shape index (κ3) is 4.60. The number of hydrogen-bond acceptors (Lipinski definition) is 12. The number of thioether (sulfide) groups is 2. The summed E-state index contributed by atoms with van der Waals surface area (Å²) in [4.78, 5) is 47.3. The number of carbonyl (C=O) groups excluding carboxylic acids is 2.